The lowest BCUT2D eigenvalue weighted by molar-refractivity contribution is 0.102. The van der Waals surface area contributed by atoms with Crippen LogP contribution in [0.25, 0.3) is 10.8 Å². The van der Waals surface area contributed by atoms with Crippen LogP contribution in [0.3, 0.4) is 0 Å². The van der Waals surface area contributed by atoms with Gasteiger partial charge in [0.25, 0.3) is 5.91 Å². The quantitative estimate of drug-likeness (QED) is 0.691. The van der Waals surface area contributed by atoms with Crippen molar-refractivity contribution in [3.63, 3.8) is 0 Å². The van der Waals surface area contributed by atoms with E-state index in [-0.39, 0.29) is 5.91 Å². The normalized spacial score (nSPS) is 14.0. The number of carbonyl (C=O) groups excluding carboxylic acids is 1. The number of benzene rings is 3. The van der Waals surface area contributed by atoms with Crippen molar-refractivity contribution in [3.05, 3.63) is 71.2 Å². The third-order valence-electron chi connectivity index (χ3n) is 4.67. The van der Waals surface area contributed by atoms with Crippen molar-refractivity contribution in [1.82, 2.24) is 0 Å². The van der Waals surface area contributed by atoms with E-state index < -0.39 is 0 Å². The van der Waals surface area contributed by atoms with Gasteiger partial charge in [0.15, 0.2) is 0 Å². The van der Waals surface area contributed by atoms with Crippen molar-refractivity contribution in [2.24, 2.45) is 0 Å². The number of hydrogen-bond acceptors (Lipinski definition) is 2. The Labute approximate surface area is 152 Å². The van der Waals surface area contributed by atoms with Crippen LogP contribution in [0.4, 0.5) is 11.4 Å². The first-order valence-electron chi connectivity index (χ1n) is 8.55. The van der Waals surface area contributed by atoms with Gasteiger partial charge in [-0.25, -0.2) is 0 Å². The summed E-state index contributed by atoms with van der Waals surface area (Å²) < 4.78 is 0. The first-order chi connectivity index (χ1) is 12.2. The minimum atomic E-state index is -0.117. The van der Waals surface area contributed by atoms with Gasteiger partial charge in [-0.05, 0) is 53.9 Å². The van der Waals surface area contributed by atoms with E-state index in [0.717, 1.165) is 35.2 Å². The highest BCUT2D eigenvalue weighted by Gasteiger charge is 2.18. The number of nitrogens with one attached hydrogen (secondary N) is 1. The lowest BCUT2D eigenvalue weighted by atomic mass is 10.1. The second-order valence-electron chi connectivity index (χ2n) is 6.37. The van der Waals surface area contributed by atoms with E-state index >= 15 is 0 Å². The number of anilines is 2. The predicted octanol–water partition coefficient (Wildman–Crippen LogP) is 5.35. The minimum Gasteiger partial charge on any atom is -0.370 e. The van der Waals surface area contributed by atoms with Gasteiger partial charge in [0, 0.05) is 23.7 Å². The average molecular weight is 351 g/mol. The van der Waals surface area contributed by atoms with Crippen molar-refractivity contribution in [2.75, 3.05) is 23.3 Å². The zero-order valence-electron chi connectivity index (χ0n) is 13.8. The van der Waals surface area contributed by atoms with E-state index in [9.17, 15) is 4.79 Å². The van der Waals surface area contributed by atoms with Crippen LogP contribution in [0.15, 0.2) is 60.7 Å². The van der Waals surface area contributed by atoms with Crippen molar-refractivity contribution < 1.29 is 4.79 Å². The summed E-state index contributed by atoms with van der Waals surface area (Å²) >= 11 is 6.16. The predicted molar refractivity (Wildman–Crippen MR) is 105 cm³/mol. The summed E-state index contributed by atoms with van der Waals surface area (Å²) in [5.41, 5.74) is 2.45. The molecule has 3 aromatic rings. The maximum Gasteiger partial charge on any atom is 0.255 e. The third kappa shape index (κ3) is 3.33. The zero-order valence-corrected chi connectivity index (χ0v) is 14.6. The number of hydrogen-bond donors (Lipinski definition) is 1. The van der Waals surface area contributed by atoms with E-state index in [1.165, 1.54) is 12.8 Å². The van der Waals surface area contributed by atoms with E-state index in [4.69, 9.17) is 11.6 Å². The van der Waals surface area contributed by atoms with Gasteiger partial charge in [-0.1, -0.05) is 41.9 Å². The first-order valence-corrected chi connectivity index (χ1v) is 8.93. The Bertz CT molecular complexity index is 932. The Kier molecular flexibility index (Phi) is 4.33. The molecule has 1 aliphatic rings. The molecule has 1 N–H and O–H groups in total. The summed E-state index contributed by atoms with van der Waals surface area (Å²) in [6, 6.07) is 19.5. The molecule has 0 saturated carbocycles. The first kappa shape index (κ1) is 16.0. The van der Waals surface area contributed by atoms with E-state index in [1.807, 2.05) is 60.7 Å². The molecule has 1 fully saturated rings. The van der Waals surface area contributed by atoms with Crippen molar-refractivity contribution in [3.8, 4) is 0 Å². The Morgan fingerprint density at radius 3 is 2.48 bits per heavy atom. The zero-order chi connectivity index (χ0) is 17.2. The molecule has 0 aromatic heterocycles. The molecule has 0 unspecified atom stereocenters. The van der Waals surface area contributed by atoms with Gasteiger partial charge in [-0.2, -0.15) is 0 Å². The fourth-order valence-corrected chi connectivity index (χ4v) is 3.54. The SMILES string of the molecule is O=C(Nc1cc(Cl)ccc1N1CCCC1)c1ccc2ccccc2c1. The number of carbonyl (C=O) groups is 1. The maximum absolute atomic E-state index is 12.8. The number of rotatable bonds is 3. The Morgan fingerprint density at radius 1 is 0.920 bits per heavy atom. The van der Waals surface area contributed by atoms with E-state index in [1.54, 1.807) is 0 Å². The van der Waals surface area contributed by atoms with Gasteiger partial charge in [0.05, 0.1) is 11.4 Å². The summed E-state index contributed by atoms with van der Waals surface area (Å²) in [5, 5.41) is 5.85. The molecular formula is C21H19ClN2O. The summed E-state index contributed by atoms with van der Waals surface area (Å²) in [7, 11) is 0. The molecule has 1 heterocycles. The smallest absolute Gasteiger partial charge is 0.255 e. The number of amides is 1. The lowest BCUT2D eigenvalue weighted by Gasteiger charge is -2.22. The summed E-state index contributed by atoms with van der Waals surface area (Å²) in [6.07, 6.45) is 2.36. The van der Waals surface area contributed by atoms with Gasteiger partial charge in [-0.3, -0.25) is 4.79 Å². The molecule has 0 bridgehead atoms. The van der Waals surface area contributed by atoms with Gasteiger partial charge in [0.2, 0.25) is 0 Å². The fourth-order valence-electron chi connectivity index (χ4n) is 3.37. The number of fused-ring (bicyclic) bond motifs is 1. The molecule has 0 radical (unpaired) electrons. The Hall–Kier alpha value is -2.52. The van der Waals surface area contributed by atoms with Crippen LogP contribution in [0.1, 0.15) is 23.2 Å². The standard InChI is InChI=1S/C21H19ClN2O/c22-18-9-10-20(24-11-3-4-12-24)19(14-18)23-21(25)17-8-7-15-5-1-2-6-16(15)13-17/h1-2,5-10,13-14H,3-4,11-12H2,(H,23,25). The van der Waals surface area contributed by atoms with Crippen LogP contribution in [-0.4, -0.2) is 19.0 Å². The summed E-state index contributed by atoms with van der Waals surface area (Å²) in [6.45, 7) is 2.03. The molecule has 1 amide bonds. The van der Waals surface area contributed by atoms with Gasteiger partial charge >= 0.3 is 0 Å². The molecule has 0 spiro atoms. The highest BCUT2D eigenvalue weighted by Crippen LogP contribution is 2.32. The minimum absolute atomic E-state index is 0.117. The molecule has 4 heteroatoms. The van der Waals surface area contributed by atoms with Crippen molar-refractivity contribution in [1.29, 1.82) is 0 Å². The molecule has 4 rings (SSSR count). The largest absolute Gasteiger partial charge is 0.370 e. The molecule has 3 nitrogen and oxygen atoms in total. The highest BCUT2D eigenvalue weighted by molar-refractivity contribution is 6.31. The molecule has 126 valence electrons. The molecule has 1 aliphatic heterocycles. The fraction of sp³-hybridized carbons (Fsp3) is 0.190. The molecule has 3 aromatic carbocycles. The lowest BCUT2D eigenvalue weighted by Crippen LogP contribution is -2.21. The van der Waals surface area contributed by atoms with Crippen molar-refractivity contribution in [2.45, 2.75) is 12.8 Å². The monoisotopic (exact) mass is 350 g/mol. The molecule has 0 atom stereocenters. The van der Waals surface area contributed by atoms with Crippen LogP contribution >= 0.6 is 11.6 Å². The van der Waals surface area contributed by atoms with Crippen LogP contribution in [-0.2, 0) is 0 Å². The summed E-state index contributed by atoms with van der Waals surface area (Å²) in [4.78, 5) is 15.1. The van der Waals surface area contributed by atoms with Crippen LogP contribution < -0.4 is 10.2 Å². The van der Waals surface area contributed by atoms with Gasteiger partial charge in [-0.15, -0.1) is 0 Å². The molecule has 25 heavy (non-hydrogen) atoms. The van der Waals surface area contributed by atoms with E-state index in [2.05, 4.69) is 10.2 Å². The molecule has 1 saturated heterocycles. The number of nitrogens with zero attached hydrogens (tertiary/aromatic N) is 1. The van der Waals surface area contributed by atoms with Crippen LogP contribution in [0.5, 0.6) is 0 Å². The Morgan fingerprint density at radius 2 is 1.68 bits per heavy atom. The maximum atomic E-state index is 12.8. The molecule has 0 aliphatic carbocycles. The third-order valence-corrected chi connectivity index (χ3v) is 4.90. The van der Waals surface area contributed by atoms with Crippen LogP contribution in [0, 0.1) is 0 Å². The molecular weight excluding hydrogens is 332 g/mol. The van der Waals surface area contributed by atoms with Crippen LogP contribution in [0.2, 0.25) is 5.02 Å². The number of halogens is 1. The second kappa shape index (κ2) is 6.77. The van der Waals surface area contributed by atoms with Gasteiger partial charge < -0.3 is 10.2 Å². The summed E-state index contributed by atoms with van der Waals surface area (Å²) in [5.74, 6) is -0.117. The second-order valence-corrected chi connectivity index (χ2v) is 6.81. The highest BCUT2D eigenvalue weighted by atomic mass is 35.5. The van der Waals surface area contributed by atoms with Gasteiger partial charge in [0.1, 0.15) is 0 Å². The average Bonchev–Trinajstić information content (AvgIpc) is 3.16. The van der Waals surface area contributed by atoms with Crippen molar-refractivity contribution >= 4 is 39.7 Å². The Balaban J connectivity index is 1.64. The topological polar surface area (TPSA) is 32.3 Å². The van der Waals surface area contributed by atoms with E-state index in [0.29, 0.717) is 10.6 Å².